The van der Waals surface area contributed by atoms with Gasteiger partial charge in [-0.2, -0.15) is 0 Å². The summed E-state index contributed by atoms with van der Waals surface area (Å²) in [5, 5.41) is 0. The SMILES string of the molecule is NCC1CN(CC2Cc3ccccc32)C1. The second-order valence-corrected chi connectivity index (χ2v) is 4.92. The molecule has 0 aromatic heterocycles. The van der Waals surface area contributed by atoms with Crippen molar-refractivity contribution >= 4 is 0 Å². The molecule has 1 aromatic carbocycles. The van der Waals surface area contributed by atoms with Crippen LogP contribution in [0.4, 0.5) is 0 Å². The molecule has 1 saturated heterocycles. The lowest BCUT2D eigenvalue weighted by atomic mass is 9.77. The van der Waals surface area contributed by atoms with E-state index in [9.17, 15) is 0 Å². The lowest BCUT2D eigenvalue weighted by Crippen LogP contribution is -2.51. The average Bonchev–Trinajstić information content (AvgIpc) is 2.17. The normalized spacial score (nSPS) is 25.5. The number of hydrogen-bond donors (Lipinski definition) is 1. The Kier molecular flexibility index (Phi) is 2.26. The molecular formula is C13H18N2. The Morgan fingerprint density at radius 3 is 2.80 bits per heavy atom. The second kappa shape index (κ2) is 3.62. The minimum atomic E-state index is 0.764. The zero-order valence-electron chi connectivity index (χ0n) is 9.02. The van der Waals surface area contributed by atoms with Gasteiger partial charge in [-0.3, -0.25) is 0 Å². The predicted octanol–water partition coefficient (Wildman–Crippen LogP) is 1.22. The van der Waals surface area contributed by atoms with E-state index in [0.717, 1.165) is 18.4 Å². The smallest absolute Gasteiger partial charge is 0.00538 e. The van der Waals surface area contributed by atoms with Crippen LogP contribution in [0.25, 0.3) is 0 Å². The summed E-state index contributed by atoms with van der Waals surface area (Å²) in [5.74, 6) is 1.56. The van der Waals surface area contributed by atoms with Crippen LogP contribution in [0.15, 0.2) is 24.3 Å². The van der Waals surface area contributed by atoms with E-state index in [2.05, 4.69) is 29.2 Å². The molecule has 1 fully saturated rings. The molecule has 0 saturated carbocycles. The Bertz CT molecular complexity index is 355. The van der Waals surface area contributed by atoms with E-state index < -0.39 is 0 Å². The predicted molar refractivity (Wildman–Crippen MR) is 61.9 cm³/mol. The van der Waals surface area contributed by atoms with Gasteiger partial charge in [0.1, 0.15) is 0 Å². The summed E-state index contributed by atoms with van der Waals surface area (Å²) in [6.45, 7) is 4.54. The molecule has 1 aliphatic carbocycles. The molecule has 1 aliphatic heterocycles. The van der Waals surface area contributed by atoms with Crippen LogP contribution in [0.1, 0.15) is 17.0 Å². The molecule has 15 heavy (non-hydrogen) atoms. The molecule has 2 heteroatoms. The van der Waals surface area contributed by atoms with Gasteiger partial charge in [0.05, 0.1) is 0 Å². The number of hydrogen-bond acceptors (Lipinski definition) is 2. The average molecular weight is 202 g/mol. The quantitative estimate of drug-likeness (QED) is 0.798. The molecule has 0 amide bonds. The van der Waals surface area contributed by atoms with E-state index in [1.54, 1.807) is 11.1 Å². The first-order chi connectivity index (χ1) is 7.36. The van der Waals surface area contributed by atoms with Crippen molar-refractivity contribution in [3.8, 4) is 0 Å². The molecule has 0 spiro atoms. The first kappa shape index (κ1) is 9.37. The molecule has 1 heterocycles. The highest BCUT2D eigenvalue weighted by atomic mass is 15.2. The van der Waals surface area contributed by atoms with Crippen molar-refractivity contribution < 1.29 is 0 Å². The standard InChI is InChI=1S/C13H18N2/c14-6-10-7-15(8-10)9-12-5-11-3-1-2-4-13(11)12/h1-4,10,12H,5-9,14H2. The van der Waals surface area contributed by atoms with Crippen LogP contribution in [-0.2, 0) is 6.42 Å². The first-order valence-corrected chi connectivity index (χ1v) is 5.87. The van der Waals surface area contributed by atoms with Gasteiger partial charge >= 0.3 is 0 Å². The van der Waals surface area contributed by atoms with E-state index in [4.69, 9.17) is 5.73 Å². The second-order valence-electron chi connectivity index (χ2n) is 4.92. The monoisotopic (exact) mass is 202 g/mol. The lowest BCUT2D eigenvalue weighted by Gasteiger charge is -2.43. The number of nitrogens with two attached hydrogens (primary N) is 1. The zero-order valence-corrected chi connectivity index (χ0v) is 9.02. The Balaban J connectivity index is 1.56. The number of nitrogens with zero attached hydrogens (tertiary/aromatic N) is 1. The minimum absolute atomic E-state index is 0.764. The van der Waals surface area contributed by atoms with E-state index in [-0.39, 0.29) is 0 Å². The fraction of sp³-hybridized carbons (Fsp3) is 0.538. The fourth-order valence-electron chi connectivity index (χ4n) is 2.81. The first-order valence-electron chi connectivity index (χ1n) is 5.87. The molecule has 2 aliphatic rings. The van der Waals surface area contributed by atoms with Crippen molar-refractivity contribution in [3.05, 3.63) is 35.4 Å². The number of rotatable bonds is 3. The molecule has 2 N–H and O–H groups in total. The molecule has 3 rings (SSSR count). The Morgan fingerprint density at radius 1 is 1.27 bits per heavy atom. The Labute approximate surface area is 91.1 Å². The summed E-state index contributed by atoms with van der Waals surface area (Å²) in [4.78, 5) is 2.54. The van der Waals surface area contributed by atoms with Crippen LogP contribution in [0.3, 0.4) is 0 Å². The number of likely N-dealkylation sites (tertiary alicyclic amines) is 1. The third-order valence-corrected chi connectivity index (χ3v) is 3.81. The van der Waals surface area contributed by atoms with E-state index in [0.29, 0.717) is 0 Å². The minimum Gasteiger partial charge on any atom is -0.330 e. The number of fused-ring (bicyclic) bond motifs is 1. The van der Waals surface area contributed by atoms with Crippen LogP contribution in [0.5, 0.6) is 0 Å². The van der Waals surface area contributed by atoms with Gasteiger partial charge in [0.15, 0.2) is 0 Å². The Hall–Kier alpha value is -0.860. The maximum Gasteiger partial charge on any atom is 0.00538 e. The van der Waals surface area contributed by atoms with E-state index in [1.165, 1.54) is 26.1 Å². The van der Waals surface area contributed by atoms with E-state index >= 15 is 0 Å². The van der Waals surface area contributed by atoms with Crippen LogP contribution >= 0.6 is 0 Å². The van der Waals surface area contributed by atoms with Gasteiger partial charge < -0.3 is 10.6 Å². The summed E-state index contributed by atoms with van der Waals surface area (Å²) < 4.78 is 0. The summed E-state index contributed by atoms with van der Waals surface area (Å²) in [6, 6.07) is 8.83. The van der Waals surface area contributed by atoms with Crippen molar-refractivity contribution in [1.82, 2.24) is 4.90 Å². The molecule has 1 unspecified atom stereocenters. The third-order valence-electron chi connectivity index (χ3n) is 3.81. The number of benzene rings is 1. The molecule has 0 bridgehead atoms. The highest BCUT2D eigenvalue weighted by Gasteiger charge is 2.32. The van der Waals surface area contributed by atoms with Crippen molar-refractivity contribution in [2.45, 2.75) is 12.3 Å². The maximum atomic E-state index is 5.62. The van der Waals surface area contributed by atoms with Gasteiger partial charge in [0, 0.05) is 25.6 Å². The van der Waals surface area contributed by atoms with Crippen LogP contribution < -0.4 is 5.73 Å². The molecule has 1 aromatic rings. The van der Waals surface area contributed by atoms with Gasteiger partial charge in [0.2, 0.25) is 0 Å². The maximum absolute atomic E-state index is 5.62. The highest BCUT2D eigenvalue weighted by Crippen LogP contribution is 2.36. The summed E-state index contributed by atoms with van der Waals surface area (Å²) >= 11 is 0. The van der Waals surface area contributed by atoms with Crippen molar-refractivity contribution in [1.29, 1.82) is 0 Å². The summed E-state index contributed by atoms with van der Waals surface area (Å²) in [5.41, 5.74) is 8.75. The summed E-state index contributed by atoms with van der Waals surface area (Å²) in [7, 11) is 0. The molecule has 1 atom stereocenters. The molecule has 2 nitrogen and oxygen atoms in total. The van der Waals surface area contributed by atoms with Crippen molar-refractivity contribution in [2.24, 2.45) is 11.7 Å². The van der Waals surface area contributed by atoms with Crippen LogP contribution in [0.2, 0.25) is 0 Å². The fourth-order valence-corrected chi connectivity index (χ4v) is 2.81. The third kappa shape index (κ3) is 1.58. The largest absolute Gasteiger partial charge is 0.330 e. The van der Waals surface area contributed by atoms with Gasteiger partial charge in [0.25, 0.3) is 0 Å². The van der Waals surface area contributed by atoms with Crippen LogP contribution in [-0.4, -0.2) is 31.1 Å². The molecular weight excluding hydrogens is 184 g/mol. The Morgan fingerprint density at radius 2 is 2.07 bits per heavy atom. The highest BCUT2D eigenvalue weighted by molar-refractivity contribution is 5.40. The molecule has 0 radical (unpaired) electrons. The van der Waals surface area contributed by atoms with Gasteiger partial charge in [-0.1, -0.05) is 24.3 Å². The topological polar surface area (TPSA) is 29.3 Å². The van der Waals surface area contributed by atoms with Crippen molar-refractivity contribution in [2.75, 3.05) is 26.2 Å². The van der Waals surface area contributed by atoms with Crippen molar-refractivity contribution in [3.63, 3.8) is 0 Å². The zero-order chi connectivity index (χ0) is 10.3. The van der Waals surface area contributed by atoms with Crippen LogP contribution in [0, 0.1) is 5.92 Å². The van der Waals surface area contributed by atoms with Gasteiger partial charge in [-0.25, -0.2) is 0 Å². The summed E-state index contributed by atoms with van der Waals surface area (Å²) in [6.07, 6.45) is 1.28. The molecule has 80 valence electrons. The lowest BCUT2D eigenvalue weighted by molar-refractivity contribution is 0.0951. The van der Waals surface area contributed by atoms with E-state index in [1.807, 2.05) is 0 Å². The van der Waals surface area contributed by atoms with Gasteiger partial charge in [-0.15, -0.1) is 0 Å². The van der Waals surface area contributed by atoms with Gasteiger partial charge in [-0.05, 0) is 30.0 Å².